The van der Waals surface area contributed by atoms with Crippen molar-refractivity contribution in [2.75, 3.05) is 0 Å². The zero-order valence-corrected chi connectivity index (χ0v) is 24.1. The molecule has 0 saturated carbocycles. The number of hydrogen-bond acceptors (Lipinski definition) is 3. The lowest BCUT2D eigenvalue weighted by Gasteiger charge is -2.21. The molecule has 0 rings (SSSR count). The molecule has 0 saturated heterocycles. The largest absolute Gasteiger partial charge is 0.550 e. The minimum Gasteiger partial charge on any atom is -0.550 e. The molecule has 0 spiro atoms. The number of carbonyl (C=O) groups is 2. The number of unbranched alkanes of at least 4 members (excludes halogenated alkanes) is 19. The summed E-state index contributed by atoms with van der Waals surface area (Å²) in [5.41, 5.74) is 0. The zero-order valence-electron chi connectivity index (χ0n) is 24.1. The maximum Gasteiger partial charge on any atom is 0.303 e. The molecular formula is C31H61O4-. The van der Waals surface area contributed by atoms with Crippen LogP contribution in [0.15, 0.2) is 0 Å². The summed E-state index contributed by atoms with van der Waals surface area (Å²) in [6.45, 7) is 8.43. The molecule has 0 radical (unpaired) electrons. The summed E-state index contributed by atoms with van der Waals surface area (Å²) in [4.78, 5) is 21.2. The topological polar surface area (TPSA) is 77.4 Å². The molecule has 0 bridgehead atoms. The normalized spacial score (nSPS) is 11.8. The lowest BCUT2D eigenvalue weighted by Crippen LogP contribution is -2.34. The highest BCUT2D eigenvalue weighted by Gasteiger charge is 2.13. The molecule has 0 aliphatic carbocycles. The van der Waals surface area contributed by atoms with E-state index in [1.807, 2.05) is 13.8 Å². The molecule has 1 unspecified atom stereocenters. The summed E-state index contributed by atoms with van der Waals surface area (Å²) < 4.78 is 0. The van der Waals surface area contributed by atoms with Gasteiger partial charge in [-0.2, -0.15) is 0 Å². The maximum absolute atomic E-state index is 10.9. The Morgan fingerprint density at radius 1 is 0.571 bits per heavy atom. The molecule has 0 aromatic heterocycles. The minimum absolute atomic E-state index is 0.198. The van der Waals surface area contributed by atoms with Crippen molar-refractivity contribution in [2.45, 2.75) is 175 Å². The lowest BCUT2D eigenvalue weighted by atomic mass is 9.90. The van der Waals surface area contributed by atoms with Gasteiger partial charge in [0, 0.05) is 18.3 Å². The van der Waals surface area contributed by atoms with Gasteiger partial charge in [-0.05, 0) is 18.8 Å². The summed E-state index contributed by atoms with van der Waals surface area (Å²) in [7, 11) is 0. The van der Waals surface area contributed by atoms with E-state index in [9.17, 15) is 14.7 Å². The van der Waals surface area contributed by atoms with Crippen LogP contribution in [0.3, 0.4) is 0 Å². The first-order valence-electron chi connectivity index (χ1n) is 15.3. The Morgan fingerprint density at radius 3 is 1.17 bits per heavy atom. The standard InChI is InChI=1S/C17H34O2.C14H28O2/c1-4-5-6-7-8-9-10-11-12-13-14-16(15(2)3)17(18)19;1-2-3-4-5-6-7-8-9-10-11-12-13-14(15)16/h15-16H,4-14H2,1-3H3,(H,18,19);2-13H2,1H3,(H,15,16)/p-1. The fraction of sp³-hybridized carbons (Fsp3) is 0.935. The number of aliphatic carboxylic acids is 2. The van der Waals surface area contributed by atoms with Gasteiger partial charge in [-0.15, -0.1) is 0 Å². The van der Waals surface area contributed by atoms with Crippen LogP contribution in [0.25, 0.3) is 0 Å². The Bertz CT molecular complexity index is 447. The van der Waals surface area contributed by atoms with Gasteiger partial charge in [0.25, 0.3) is 0 Å². The van der Waals surface area contributed by atoms with Crippen molar-refractivity contribution in [3.8, 4) is 0 Å². The number of rotatable bonds is 25. The first-order valence-corrected chi connectivity index (χ1v) is 15.3. The van der Waals surface area contributed by atoms with Crippen molar-refractivity contribution in [1.82, 2.24) is 0 Å². The summed E-state index contributed by atoms with van der Waals surface area (Å²) in [6.07, 6.45) is 28.1. The van der Waals surface area contributed by atoms with Crippen LogP contribution in [-0.4, -0.2) is 17.0 Å². The van der Waals surface area contributed by atoms with Crippen molar-refractivity contribution in [1.29, 1.82) is 0 Å². The van der Waals surface area contributed by atoms with Crippen molar-refractivity contribution >= 4 is 11.9 Å². The average molecular weight is 498 g/mol. The molecule has 1 atom stereocenters. The van der Waals surface area contributed by atoms with Crippen molar-refractivity contribution in [3.63, 3.8) is 0 Å². The maximum atomic E-state index is 10.9. The van der Waals surface area contributed by atoms with E-state index in [1.54, 1.807) is 0 Å². The third-order valence-electron chi connectivity index (χ3n) is 6.97. The van der Waals surface area contributed by atoms with Crippen molar-refractivity contribution in [2.24, 2.45) is 11.8 Å². The molecule has 1 N–H and O–H groups in total. The highest BCUT2D eigenvalue weighted by molar-refractivity contribution is 5.67. The smallest absolute Gasteiger partial charge is 0.303 e. The molecule has 0 aliphatic rings. The lowest BCUT2D eigenvalue weighted by molar-refractivity contribution is -0.313. The van der Waals surface area contributed by atoms with E-state index in [2.05, 4.69) is 13.8 Å². The Kier molecular flexibility index (Phi) is 30.1. The van der Waals surface area contributed by atoms with E-state index in [4.69, 9.17) is 5.11 Å². The predicted octanol–water partition coefficient (Wildman–Crippen LogP) is 9.09. The molecule has 0 amide bonds. The van der Waals surface area contributed by atoms with Gasteiger partial charge in [-0.1, -0.05) is 156 Å². The van der Waals surface area contributed by atoms with Crippen LogP contribution in [0.1, 0.15) is 175 Å². The summed E-state index contributed by atoms with van der Waals surface area (Å²) in [6, 6.07) is 0. The van der Waals surface area contributed by atoms with Crippen LogP contribution in [-0.2, 0) is 9.59 Å². The Hall–Kier alpha value is -1.06. The van der Waals surface area contributed by atoms with Gasteiger partial charge in [-0.3, -0.25) is 4.79 Å². The van der Waals surface area contributed by atoms with Crippen molar-refractivity contribution in [3.05, 3.63) is 0 Å². The van der Waals surface area contributed by atoms with E-state index in [0.717, 1.165) is 25.7 Å². The summed E-state index contributed by atoms with van der Waals surface area (Å²) in [5, 5.41) is 19.4. The molecular weight excluding hydrogens is 436 g/mol. The Balaban J connectivity index is 0. The van der Waals surface area contributed by atoms with E-state index in [-0.39, 0.29) is 11.8 Å². The van der Waals surface area contributed by atoms with Gasteiger partial charge < -0.3 is 15.0 Å². The second-order valence-corrected chi connectivity index (χ2v) is 10.8. The molecule has 4 heteroatoms. The quantitative estimate of drug-likeness (QED) is 0.128. The van der Waals surface area contributed by atoms with E-state index < -0.39 is 11.9 Å². The van der Waals surface area contributed by atoms with Gasteiger partial charge in [0.2, 0.25) is 0 Å². The van der Waals surface area contributed by atoms with Gasteiger partial charge in [0.05, 0.1) is 0 Å². The molecule has 4 nitrogen and oxygen atoms in total. The molecule has 0 fully saturated rings. The zero-order chi connectivity index (χ0) is 26.6. The second kappa shape index (κ2) is 29.2. The van der Waals surface area contributed by atoms with Crippen molar-refractivity contribution < 1.29 is 19.8 Å². The molecule has 0 heterocycles. The monoisotopic (exact) mass is 497 g/mol. The van der Waals surface area contributed by atoms with E-state index in [1.165, 1.54) is 116 Å². The molecule has 0 aromatic carbocycles. The Morgan fingerprint density at radius 2 is 0.886 bits per heavy atom. The van der Waals surface area contributed by atoms with Gasteiger partial charge in [0.15, 0.2) is 0 Å². The Labute approximate surface area is 219 Å². The predicted molar refractivity (Wildman–Crippen MR) is 149 cm³/mol. The van der Waals surface area contributed by atoms with Crippen LogP contribution < -0.4 is 5.11 Å². The fourth-order valence-corrected chi connectivity index (χ4v) is 4.52. The SMILES string of the molecule is CCCCCCCCCCCCC(C(=O)[O-])C(C)C.CCCCCCCCCCCCCC(=O)O. The molecule has 210 valence electrons. The van der Waals surface area contributed by atoms with Gasteiger partial charge >= 0.3 is 5.97 Å². The van der Waals surface area contributed by atoms with E-state index >= 15 is 0 Å². The first kappa shape index (κ1) is 36.1. The summed E-state index contributed by atoms with van der Waals surface area (Å²) >= 11 is 0. The third-order valence-corrected chi connectivity index (χ3v) is 6.97. The average Bonchev–Trinajstić information content (AvgIpc) is 2.80. The minimum atomic E-state index is -0.870. The first-order chi connectivity index (χ1) is 16.9. The summed E-state index contributed by atoms with van der Waals surface area (Å²) in [5.74, 6) is -1.58. The highest BCUT2D eigenvalue weighted by atomic mass is 16.4. The van der Waals surface area contributed by atoms with Gasteiger partial charge in [0.1, 0.15) is 0 Å². The highest BCUT2D eigenvalue weighted by Crippen LogP contribution is 2.19. The van der Waals surface area contributed by atoms with Crippen LogP contribution in [0.2, 0.25) is 0 Å². The van der Waals surface area contributed by atoms with Crippen LogP contribution in [0.5, 0.6) is 0 Å². The number of carboxylic acid groups (broad SMARTS) is 2. The van der Waals surface area contributed by atoms with E-state index in [0.29, 0.717) is 6.42 Å². The fourth-order valence-electron chi connectivity index (χ4n) is 4.52. The number of hydrogen-bond donors (Lipinski definition) is 1. The number of carboxylic acids is 2. The molecule has 0 aliphatic heterocycles. The third kappa shape index (κ3) is 30.9. The number of carbonyl (C=O) groups excluding carboxylic acids is 1. The molecule has 35 heavy (non-hydrogen) atoms. The van der Waals surface area contributed by atoms with Crippen LogP contribution in [0, 0.1) is 11.8 Å². The molecule has 0 aromatic rings. The second-order valence-electron chi connectivity index (χ2n) is 10.8. The van der Waals surface area contributed by atoms with Crippen LogP contribution >= 0.6 is 0 Å². The van der Waals surface area contributed by atoms with Gasteiger partial charge in [-0.25, -0.2) is 0 Å². The van der Waals surface area contributed by atoms with Crippen LogP contribution in [0.4, 0.5) is 0 Å².